The fourth-order valence-electron chi connectivity index (χ4n) is 4.70. The summed E-state index contributed by atoms with van der Waals surface area (Å²) < 4.78 is 54.0. The molecule has 0 saturated carbocycles. The summed E-state index contributed by atoms with van der Waals surface area (Å²) in [5.41, 5.74) is 0.418. The third-order valence-corrected chi connectivity index (χ3v) is 6.37. The molecule has 1 aliphatic rings. The molecule has 0 radical (unpaired) electrons. The lowest BCUT2D eigenvalue weighted by Gasteiger charge is -2.44. The van der Waals surface area contributed by atoms with Crippen molar-refractivity contribution in [2.75, 3.05) is 6.54 Å². The lowest BCUT2D eigenvalue weighted by Crippen LogP contribution is -2.49. The summed E-state index contributed by atoms with van der Waals surface area (Å²) in [4.78, 5) is 6.30. The van der Waals surface area contributed by atoms with Crippen molar-refractivity contribution in [1.82, 2.24) is 9.88 Å². The third-order valence-electron chi connectivity index (χ3n) is 6.37. The van der Waals surface area contributed by atoms with Crippen LogP contribution in [0.2, 0.25) is 0 Å². The first-order valence-electron chi connectivity index (χ1n) is 10.9. The lowest BCUT2D eigenvalue weighted by atomic mass is 9.78. The van der Waals surface area contributed by atoms with Crippen LogP contribution in [0.15, 0.2) is 66.9 Å². The number of piperidine rings is 1. The normalized spacial score (nSPS) is 21.9. The Kier molecular flexibility index (Phi) is 6.29. The number of rotatable bonds is 5. The van der Waals surface area contributed by atoms with Crippen molar-refractivity contribution in [3.63, 3.8) is 0 Å². The van der Waals surface area contributed by atoms with Gasteiger partial charge in [-0.25, -0.2) is 4.39 Å². The molecule has 0 bridgehead atoms. The summed E-state index contributed by atoms with van der Waals surface area (Å²) in [5.74, 6) is -0.464. The number of nitrogens with zero attached hydrogens (tertiary/aromatic N) is 2. The van der Waals surface area contributed by atoms with Crippen molar-refractivity contribution in [3.05, 3.63) is 89.4 Å². The molecule has 1 fully saturated rings. The van der Waals surface area contributed by atoms with Crippen molar-refractivity contribution >= 4 is 10.9 Å². The van der Waals surface area contributed by atoms with Gasteiger partial charge in [0, 0.05) is 36.3 Å². The molecule has 3 nitrogen and oxygen atoms in total. The van der Waals surface area contributed by atoms with Crippen LogP contribution in [0.4, 0.5) is 17.6 Å². The quantitative estimate of drug-likeness (QED) is 0.365. The zero-order chi connectivity index (χ0) is 23.8. The highest BCUT2D eigenvalue weighted by Crippen LogP contribution is 2.40. The Labute approximate surface area is 190 Å². The average Bonchev–Trinajstić information content (AvgIpc) is 2.75. The van der Waals surface area contributed by atoms with Crippen LogP contribution in [0, 0.1) is 5.82 Å². The number of aromatic nitrogens is 1. The summed E-state index contributed by atoms with van der Waals surface area (Å²) in [7, 11) is 0. The Bertz CT molecular complexity index is 1160. The zero-order valence-electron chi connectivity index (χ0n) is 18.4. The van der Waals surface area contributed by atoms with E-state index in [0.717, 1.165) is 23.3 Å². The number of pyridine rings is 1. The minimum atomic E-state index is -4.37. The Balaban J connectivity index is 1.59. The number of fused-ring (bicyclic) bond motifs is 1. The second kappa shape index (κ2) is 8.88. The first kappa shape index (κ1) is 23.4. The number of alkyl halides is 3. The van der Waals surface area contributed by atoms with E-state index in [-0.39, 0.29) is 11.6 Å². The van der Waals surface area contributed by atoms with Crippen molar-refractivity contribution in [2.24, 2.45) is 0 Å². The number of likely N-dealkylation sites (tertiary alicyclic amines) is 1. The molecule has 0 aliphatic carbocycles. The Morgan fingerprint density at radius 3 is 2.58 bits per heavy atom. The van der Waals surface area contributed by atoms with E-state index in [2.05, 4.69) is 16.5 Å². The summed E-state index contributed by atoms with van der Waals surface area (Å²) in [6.45, 7) is 6.80. The number of aliphatic hydroxyl groups is 1. The van der Waals surface area contributed by atoms with Crippen LogP contribution in [0.25, 0.3) is 10.9 Å². The molecule has 7 heteroatoms. The van der Waals surface area contributed by atoms with Crippen molar-refractivity contribution in [1.29, 1.82) is 0 Å². The molecule has 0 spiro atoms. The van der Waals surface area contributed by atoms with Crippen LogP contribution >= 0.6 is 0 Å². The van der Waals surface area contributed by atoms with Gasteiger partial charge in [-0.1, -0.05) is 23.8 Å². The van der Waals surface area contributed by atoms with Crippen LogP contribution in [0.1, 0.15) is 42.9 Å². The van der Waals surface area contributed by atoms with Crippen LogP contribution in [-0.4, -0.2) is 27.6 Å². The van der Waals surface area contributed by atoms with Gasteiger partial charge >= 0.3 is 6.18 Å². The highest BCUT2D eigenvalue weighted by molar-refractivity contribution is 5.80. The van der Waals surface area contributed by atoms with Gasteiger partial charge in [0.25, 0.3) is 0 Å². The van der Waals surface area contributed by atoms with E-state index in [1.807, 2.05) is 6.92 Å². The molecule has 174 valence electrons. The fraction of sp³-hybridized carbons (Fsp3) is 0.346. The lowest BCUT2D eigenvalue weighted by molar-refractivity contribution is -0.137. The molecular formula is C26H26F4N2O. The van der Waals surface area contributed by atoms with Gasteiger partial charge in [0.15, 0.2) is 0 Å². The first-order valence-corrected chi connectivity index (χ1v) is 10.9. The Morgan fingerprint density at radius 1 is 1.18 bits per heavy atom. The molecule has 1 N–H and O–H groups in total. The highest BCUT2D eigenvalue weighted by Gasteiger charge is 2.41. The van der Waals surface area contributed by atoms with E-state index in [1.54, 1.807) is 30.5 Å². The number of halogens is 4. The second-order valence-corrected chi connectivity index (χ2v) is 8.96. The van der Waals surface area contributed by atoms with Crippen LogP contribution in [0.5, 0.6) is 0 Å². The minimum absolute atomic E-state index is 0.132. The number of hydrogen-bond donors (Lipinski definition) is 1. The van der Waals surface area contributed by atoms with Gasteiger partial charge in [-0.15, -0.1) is 6.58 Å². The van der Waals surface area contributed by atoms with E-state index >= 15 is 4.39 Å². The van der Waals surface area contributed by atoms with Gasteiger partial charge in [0.1, 0.15) is 5.82 Å². The van der Waals surface area contributed by atoms with Crippen LogP contribution in [0.3, 0.4) is 0 Å². The molecule has 2 heterocycles. The van der Waals surface area contributed by atoms with Gasteiger partial charge in [0.05, 0.1) is 16.7 Å². The maximum absolute atomic E-state index is 15.3. The average molecular weight is 458 g/mol. The molecule has 1 aliphatic heterocycles. The van der Waals surface area contributed by atoms with E-state index in [9.17, 15) is 18.3 Å². The summed E-state index contributed by atoms with van der Waals surface area (Å²) >= 11 is 0. The van der Waals surface area contributed by atoms with Gasteiger partial charge < -0.3 is 5.11 Å². The zero-order valence-corrected chi connectivity index (χ0v) is 18.4. The third kappa shape index (κ3) is 4.94. The molecule has 33 heavy (non-hydrogen) atoms. The monoisotopic (exact) mass is 458 g/mol. The van der Waals surface area contributed by atoms with E-state index < -0.39 is 23.2 Å². The van der Waals surface area contributed by atoms with Crippen molar-refractivity contribution < 1.29 is 22.7 Å². The molecule has 4 rings (SSSR count). The SMILES string of the molecule is C=C(C)CC1CC(O)(c2ccc3ncccc3c2F)CCN1Cc1ccc(C(F)(F)F)cc1. The molecule has 3 aromatic rings. The largest absolute Gasteiger partial charge is 0.416 e. The van der Waals surface area contributed by atoms with Crippen LogP contribution < -0.4 is 0 Å². The molecule has 2 atom stereocenters. The Hall–Kier alpha value is -2.77. The molecule has 0 amide bonds. The topological polar surface area (TPSA) is 36.4 Å². The molecular weight excluding hydrogens is 432 g/mol. The van der Waals surface area contributed by atoms with E-state index in [1.165, 1.54) is 12.1 Å². The second-order valence-electron chi connectivity index (χ2n) is 8.96. The molecule has 1 saturated heterocycles. The van der Waals surface area contributed by atoms with Gasteiger partial charge in [-0.3, -0.25) is 9.88 Å². The number of benzene rings is 2. The minimum Gasteiger partial charge on any atom is -0.385 e. The fourth-order valence-corrected chi connectivity index (χ4v) is 4.70. The predicted octanol–water partition coefficient (Wildman–Crippen LogP) is 6.21. The number of hydrogen-bond acceptors (Lipinski definition) is 3. The molecule has 2 aromatic carbocycles. The van der Waals surface area contributed by atoms with Gasteiger partial charge in [-0.05, 0) is 62.1 Å². The van der Waals surface area contributed by atoms with E-state index in [4.69, 9.17) is 0 Å². The van der Waals surface area contributed by atoms with Crippen molar-refractivity contribution in [2.45, 2.75) is 50.6 Å². The predicted molar refractivity (Wildman–Crippen MR) is 120 cm³/mol. The smallest absolute Gasteiger partial charge is 0.385 e. The maximum atomic E-state index is 15.3. The summed E-state index contributed by atoms with van der Waals surface area (Å²) in [5, 5.41) is 11.9. The van der Waals surface area contributed by atoms with Gasteiger partial charge in [0.2, 0.25) is 0 Å². The van der Waals surface area contributed by atoms with E-state index in [0.29, 0.717) is 43.3 Å². The summed E-state index contributed by atoms with van der Waals surface area (Å²) in [6, 6.07) is 11.6. The van der Waals surface area contributed by atoms with Crippen LogP contribution in [-0.2, 0) is 18.3 Å². The first-order chi connectivity index (χ1) is 15.6. The maximum Gasteiger partial charge on any atom is 0.416 e. The Morgan fingerprint density at radius 2 is 1.91 bits per heavy atom. The highest BCUT2D eigenvalue weighted by atomic mass is 19.4. The molecule has 1 aromatic heterocycles. The molecule has 2 unspecified atom stereocenters. The van der Waals surface area contributed by atoms with Crippen molar-refractivity contribution in [3.8, 4) is 0 Å². The summed E-state index contributed by atoms with van der Waals surface area (Å²) in [6.07, 6.45) is -1.58. The van der Waals surface area contributed by atoms with Gasteiger partial charge in [-0.2, -0.15) is 13.2 Å². The standard InChI is InChI=1S/C26H26F4N2O/c1-17(2)14-20-15-25(33,22-9-10-23-21(24(22)27)4-3-12-31-23)11-13-32(20)16-18-5-7-19(8-6-18)26(28,29)30/h3-10,12,20,33H,1,11,13-16H2,2H3.